The second-order valence-corrected chi connectivity index (χ2v) is 7.16. The highest BCUT2D eigenvalue weighted by molar-refractivity contribution is 5.86. The number of urea groups is 1. The fourth-order valence-electron chi connectivity index (χ4n) is 3.46. The molecule has 0 spiro atoms. The first-order valence-corrected chi connectivity index (χ1v) is 9.10. The summed E-state index contributed by atoms with van der Waals surface area (Å²) < 4.78 is 0. The van der Waals surface area contributed by atoms with Crippen molar-refractivity contribution in [2.45, 2.75) is 12.0 Å². The summed E-state index contributed by atoms with van der Waals surface area (Å²) in [6.07, 6.45) is 2.53. The molecule has 1 aliphatic heterocycles. The first-order valence-electron chi connectivity index (χ1n) is 9.10. The number of carbonyl (C=O) groups is 1. The van der Waals surface area contributed by atoms with E-state index in [-0.39, 0.29) is 6.03 Å². The standard InChI is InChI=1S/C21H23N5O/c1-26(2)20(27)25-21(10-12-22-14-21)19-23-11-9-18(24-19)17-8-7-15-5-3-4-6-16(15)13-17/h3-9,11,13,22H,10,12,14H2,1-2H3,(H,25,27)/t21-/m1/s1. The molecule has 2 N–H and O–H groups in total. The van der Waals surface area contributed by atoms with Gasteiger partial charge in [-0.05, 0) is 35.9 Å². The Labute approximate surface area is 158 Å². The van der Waals surface area contributed by atoms with Gasteiger partial charge in [-0.3, -0.25) is 0 Å². The smallest absolute Gasteiger partial charge is 0.317 e. The minimum absolute atomic E-state index is 0.140. The van der Waals surface area contributed by atoms with Gasteiger partial charge in [-0.2, -0.15) is 0 Å². The highest BCUT2D eigenvalue weighted by Crippen LogP contribution is 2.28. The van der Waals surface area contributed by atoms with E-state index in [0.717, 1.165) is 24.2 Å². The molecule has 6 heteroatoms. The number of rotatable bonds is 3. The predicted molar refractivity (Wildman–Crippen MR) is 106 cm³/mol. The molecule has 138 valence electrons. The molecule has 0 aliphatic carbocycles. The van der Waals surface area contributed by atoms with Crippen LogP contribution in [-0.2, 0) is 5.54 Å². The molecule has 27 heavy (non-hydrogen) atoms. The van der Waals surface area contributed by atoms with Crippen molar-refractivity contribution in [3.63, 3.8) is 0 Å². The van der Waals surface area contributed by atoms with Gasteiger partial charge in [0.05, 0.1) is 5.69 Å². The normalized spacial score (nSPS) is 19.2. The van der Waals surface area contributed by atoms with E-state index >= 15 is 0 Å². The van der Waals surface area contributed by atoms with Gasteiger partial charge in [-0.25, -0.2) is 14.8 Å². The lowest BCUT2D eigenvalue weighted by atomic mass is 9.97. The van der Waals surface area contributed by atoms with Gasteiger partial charge in [0.25, 0.3) is 0 Å². The third-order valence-electron chi connectivity index (χ3n) is 5.04. The van der Waals surface area contributed by atoms with Gasteiger partial charge in [0.1, 0.15) is 5.54 Å². The molecule has 1 aliphatic rings. The molecule has 6 nitrogen and oxygen atoms in total. The van der Waals surface area contributed by atoms with Crippen LogP contribution in [0.3, 0.4) is 0 Å². The number of amides is 2. The van der Waals surface area contributed by atoms with Crippen molar-refractivity contribution in [3.05, 3.63) is 60.6 Å². The Kier molecular flexibility index (Phi) is 4.49. The maximum Gasteiger partial charge on any atom is 0.317 e. The van der Waals surface area contributed by atoms with E-state index < -0.39 is 5.54 Å². The predicted octanol–water partition coefficient (Wildman–Crippen LogP) is 2.76. The molecule has 1 aromatic heterocycles. The Morgan fingerprint density at radius 2 is 1.96 bits per heavy atom. The first-order chi connectivity index (χ1) is 13.1. The zero-order chi connectivity index (χ0) is 18.9. The number of nitrogens with zero attached hydrogens (tertiary/aromatic N) is 3. The average molecular weight is 361 g/mol. The molecule has 2 aromatic carbocycles. The van der Waals surface area contributed by atoms with Gasteiger partial charge in [0.2, 0.25) is 0 Å². The molecular formula is C21H23N5O. The van der Waals surface area contributed by atoms with Crippen molar-refractivity contribution in [1.82, 2.24) is 25.5 Å². The van der Waals surface area contributed by atoms with Crippen molar-refractivity contribution >= 4 is 16.8 Å². The van der Waals surface area contributed by atoms with E-state index in [1.807, 2.05) is 18.2 Å². The van der Waals surface area contributed by atoms with Gasteiger partial charge in [0.15, 0.2) is 5.82 Å². The van der Waals surface area contributed by atoms with Crippen molar-refractivity contribution in [2.24, 2.45) is 0 Å². The molecule has 1 atom stereocenters. The molecule has 0 radical (unpaired) electrons. The largest absolute Gasteiger partial charge is 0.331 e. The van der Waals surface area contributed by atoms with Crippen LogP contribution in [0.1, 0.15) is 12.2 Å². The zero-order valence-corrected chi connectivity index (χ0v) is 15.6. The second-order valence-electron chi connectivity index (χ2n) is 7.16. The van der Waals surface area contributed by atoms with Crippen LogP contribution in [0.4, 0.5) is 4.79 Å². The van der Waals surface area contributed by atoms with Crippen LogP contribution in [0.25, 0.3) is 22.0 Å². The second kappa shape index (κ2) is 6.96. The molecule has 1 saturated heterocycles. The number of hydrogen-bond donors (Lipinski definition) is 2. The maximum absolute atomic E-state index is 12.3. The number of aromatic nitrogens is 2. The highest BCUT2D eigenvalue weighted by atomic mass is 16.2. The minimum Gasteiger partial charge on any atom is -0.331 e. The number of nitrogens with one attached hydrogen (secondary N) is 2. The van der Waals surface area contributed by atoms with E-state index in [1.165, 1.54) is 15.7 Å². The molecule has 0 saturated carbocycles. The molecule has 1 fully saturated rings. The molecular weight excluding hydrogens is 338 g/mol. The van der Waals surface area contributed by atoms with E-state index in [9.17, 15) is 4.79 Å². The van der Waals surface area contributed by atoms with Gasteiger partial charge in [-0.1, -0.05) is 36.4 Å². The minimum atomic E-state index is -0.589. The van der Waals surface area contributed by atoms with Crippen LogP contribution < -0.4 is 10.6 Å². The summed E-state index contributed by atoms with van der Waals surface area (Å²) in [5.74, 6) is 0.647. The van der Waals surface area contributed by atoms with Crippen LogP contribution in [0.5, 0.6) is 0 Å². The number of benzene rings is 2. The number of fused-ring (bicyclic) bond motifs is 1. The SMILES string of the molecule is CN(C)C(=O)N[C@]1(c2nccc(-c3ccc4ccccc4c3)n2)CCNC1. The van der Waals surface area contributed by atoms with Gasteiger partial charge < -0.3 is 15.5 Å². The molecule has 2 amide bonds. The summed E-state index contributed by atoms with van der Waals surface area (Å²) in [5, 5.41) is 8.82. The van der Waals surface area contributed by atoms with Gasteiger partial charge in [-0.15, -0.1) is 0 Å². The van der Waals surface area contributed by atoms with Crippen molar-refractivity contribution in [1.29, 1.82) is 0 Å². The Morgan fingerprint density at radius 1 is 1.15 bits per heavy atom. The van der Waals surface area contributed by atoms with Crippen molar-refractivity contribution in [2.75, 3.05) is 27.2 Å². The summed E-state index contributed by atoms with van der Waals surface area (Å²) in [5.41, 5.74) is 1.31. The summed E-state index contributed by atoms with van der Waals surface area (Å²) in [4.78, 5) is 23.2. The molecule has 0 bridgehead atoms. The maximum atomic E-state index is 12.3. The Morgan fingerprint density at radius 3 is 2.70 bits per heavy atom. The molecule has 4 rings (SSSR count). The van der Waals surface area contributed by atoms with Crippen LogP contribution >= 0.6 is 0 Å². The Bertz CT molecular complexity index is 979. The quantitative estimate of drug-likeness (QED) is 0.753. The third kappa shape index (κ3) is 3.36. The summed E-state index contributed by atoms with van der Waals surface area (Å²) in [6, 6.07) is 16.4. The third-order valence-corrected chi connectivity index (χ3v) is 5.04. The number of carbonyl (C=O) groups excluding carboxylic acids is 1. The van der Waals surface area contributed by atoms with Gasteiger partial charge in [0, 0.05) is 32.4 Å². The van der Waals surface area contributed by atoms with Crippen LogP contribution in [0.2, 0.25) is 0 Å². The monoisotopic (exact) mass is 361 g/mol. The Hall–Kier alpha value is -2.99. The van der Waals surface area contributed by atoms with E-state index in [2.05, 4.69) is 45.9 Å². The van der Waals surface area contributed by atoms with Crippen LogP contribution in [0, 0.1) is 0 Å². The molecule has 2 heterocycles. The summed E-state index contributed by atoms with van der Waals surface area (Å²) >= 11 is 0. The van der Waals surface area contributed by atoms with Gasteiger partial charge >= 0.3 is 6.03 Å². The van der Waals surface area contributed by atoms with E-state index in [0.29, 0.717) is 12.4 Å². The van der Waals surface area contributed by atoms with Crippen LogP contribution in [-0.4, -0.2) is 48.1 Å². The lowest BCUT2D eigenvalue weighted by Crippen LogP contribution is -2.51. The fraction of sp³-hybridized carbons (Fsp3) is 0.286. The molecule has 3 aromatic rings. The topological polar surface area (TPSA) is 70.2 Å². The highest BCUT2D eigenvalue weighted by Gasteiger charge is 2.40. The van der Waals surface area contributed by atoms with Crippen molar-refractivity contribution in [3.8, 4) is 11.3 Å². The molecule has 0 unspecified atom stereocenters. The summed E-state index contributed by atoms with van der Waals surface area (Å²) in [6.45, 7) is 1.44. The first kappa shape index (κ1) is 17.4. The lowest BCUT2D eigenvalue weighted by molar-refractivity contribution is 0.201. The fourth-order valence-corrected chi connectivity index (χ4v) is 3.46. The van der Waals surface area contributed by atoms with E-state index in [4.69, 9.17) is 4.98 Å². The van der Waals surface area contributed by atoms with Crippen molar-refractivity contribution < 1.29 is 4.79 Å². The Balaban J connectivity index is 1.72. The number of hydrogen-bond acceptors (Lipinski definition) is 4. The zero-order valence-electron chi connectivity index (χ0n) is 15.6. The average Bonchev–Trinajstić information content (AvgIpc) is 3.17. The van der Waals surface area contributed by atoms with Crippen LogP contribution in [0.15, 0.2) is 54.7 Å². The summed E-state index contributed by atoms with van der Waals surface area (Å²) in [7, 11) is 3.47. The lowest BCUT2D eigenvalue weighted by Gasteiger charge is -2.29. The van der Waals surface area contributed by atoms with E-state index in [1.54, 1.807) is 20.3 Å².